The van der Waals surface area contributed by atoms with Crippen molar-refractivity contribution in [1.82, 2.24) is 9.88 Å². The maximum atomic E-state index is 13.9. The molecule has 0 saturated carbocycles. The van der Waals surface area contributed by atoms with Crippen molar-refractivity contribution in [3.8, 4) is 0 Å². The Balaban J connectivity index is 1.91. The van der Waals surface area contributed by atoms with Crippen LogP contribution in [-0.2, 0) is 0 Å². The number of aliphatic hydroxyl groups excluding tert-OH is 1. The van der Waals surface area contributed by atoms with Gasteiger partial charge >= 0.3 is 0 Å². The van der Waals surface area contributed by atoms with Crippen LogP contribution in [0.3, 0.4) is 0 Å². The number of hydrogen-bond donors (Lipinski definition) is 2. The fourth-order valence-electron chi connectivity index (χ4n) is 3.24. The van der Waals surface area contributed by atoms with Gasteiger partial charge in [0.15, 0.2) is 11.6 Å². The number of pyridine rings is 1. The number of halogens is 1. The van der Waals surface area contributed by atoms with Crippen molar-refractivity contribution < 1.29 is 14.3 Å². The van der Waals surface area contributed by atoms with Crippen LogP contribution in [0.4, 0.5) is 10.2 Å². The van der Waals surface area contributed by atoms with Crippen molar-refractivity contribution in [2.45, 2.75) is 43.9 Å². The van der Waals surface area contributed by atoms with Gasteiger partial charge in [0.2, 0.25) is 0 Å². The van der Waals surface area contributed by atoms with Crippen LogP contribution in [0.2, 0.25) is 0 Å². The number of amides is 1. The number of nitrogens with two attached hydrogens (primary N) is 1. The summed E-state index contributed by atoms with van der Waals surface area (Å²) in [6.45, 7) is 0. The normalized spacial score (nSPS) is 29.6. The first kappa shape index (κ1) is 12.3. The van der Waals surface area contributed by atoms with Gasteiger partial charge in [0.1, 0.15) is 0 Å². The molecule has 6 heteroatoms. The molecule has 1 amide bonds. The lowest BCUT2D eigenvalue weighted by Gasteiger charge is -2.37. The SMILES string of the molecule is Nc1nccc(C(=O)N2C3CCC2CC(O)C3)c1F. The molecule has 2 bridgehead atoms. The number of piperidine rings is 1. The Morgan fingerprint density at radius 3 is 2.68 bits per heavy atom. The Morgan fingerprint density at radius 1 is 1.42 bits per heavy atom. The molecule has 1 aromatic heterocycles. The van der Waals surface area contributed by atoms with E-state index >= 15 is 0 Å². The highest BCUT2D eigenvalue weighted by Gasteiger charge is 2.43. The van der Waals surface area contributed by atoms with Crippen molar-refractivity contribution >= 4 is 11.7 Å². The molecular weight excluding hydrogens is 249 g/mol. The molecule has 3 heterocycles. The molecule has 3 N–H and O–H groups in total. The van der Waals surface area contributed by atoms with Crippen molar-refractivity contribution in [3.63, 3.8) is 0 Å². The third kappa shape index (κ3) is 1.96. The molecule has 0 radical (unpaired) electrons. The summed E-state index contributed by atoms with van der Waals surface area (Å²) in [7, 11) is 0. The minimum atomic E-state index is -0.752. The number of fused-ring (bicyclic) bond motifs is 2. The maximum Gasteiger partial charge on any atom is 0.257 e. The number of nitrogens with zero attached hydrogens (tertiary/aromatic N) is 2. The van der Waals surface area contributed by atoms with Crippen molar-refractivity contribution in [1.29, 1.82) is 0 Å². The summed E-state index contributed by atoms with van der Waals surface area (Å²) >= 11 is 0. The Labute approximate surface area is 110 Å². The van der Waals surface area contributed by atoms with E-state index in [1.165, 1.54) is 12.3 Å². The van der Waals surface area contributed by atoms with Crippen LogP contribution in [-0.4, -0.2) is 39.1 Å². The lowest BCUT2D eigenvalue weighted by atomic mass is 9.99. The highest BCUT2D eigenvalue weighted by atomic mass is 19.1. The van der Waals surface area contributed by atoms with E-state index in [1.807, 2.05) is 0 Å². The molecule has 19 heavy (non-hydrogen) atoms. The topological polar surface area (TPSA) is 79.5 Å². The lowest BCUT2D eigenvalue weighted by Crippen LogP contribution is -2.48. The third-order valence-electron chi connectivity index (χ3n) is 4.09. The Bertz CT molecular complexity index is 509. The summed E-state index contributed by atoms with van der Waals surface area (Å²) in [5.41, 5.74) is 5.37. The minimum absolute atomic E-state index is 0.00930. The third-order valence-corrected chi connectivity index (χ3v) is 4.09. The number of anilines is 1. The van der Waals surface area contributed by atoms with Crippen molar-refractivity contribution in [3.05, 3.63) is 23.6 Å². The average Bonchev–Trinajstić information content (AvgIpc) is 2.64. The van der Waals surface area contributed by atoms with Crippen LogP contribution in [0.25, 0.3) is 0 Å². The van der Waals surface area contributed by atoms with Gasteiger partial charge in [-0.2, -0.15) is 0 Å². The summed E-state index contributed by atoms with van der Waals surface area (Å²) in [6.07, 6.45) is 3.88. The molecule has 2 aliphatic rings. The summed E-state index contributed by atoms with van der Waals surface area (Å²) < 4.78 is 13.9. The van der Waals surface area contributed by atoms with Crippen molar-refractivity contribution in [2.75, 3.05) is 5.73 Å². The Kier molecular flexibility index (Phi) is 2.89. The first-order valence-corrected chi connectivity index (χ1v) is 6.48. The van der Waals surface area contributed by atoms with Gasteiger partial charge in [-0.1, -0.05) is 0 Å². The predicted octanol–water partition coefficient (Wildman–Crippen LogP) is 0.931. The van der Waals surface area contributed by atoms with E-state index in [4.69, 9.17) is 5.73 Å². The highest BCUT2D eigenvalue weighted by molar-refractivity contribution is 5.95. The second kappa shape index (κ2) is 4.45. The van der Waals surface area contributed by atoms with Gasteiger partial charge in [-0.3, -0.25) is 4.79 Å². The van der Waals surface area contributed by atoms with E-state index in [0.29, 0.717) is 12.8 Å². The monoisotopic (exact) mass is 265 g/mol. The van der Waals surface area contributed by atoms with E-state index in [-0.39, 0.29) is 35.5 Å². The standard InChI is InChI=1S/C13H16FN3O2/c14-11-10(3-4-16-12(11)15)13(19)17-7-1-2-8(17)6-9(18)5-7/h3-4,7-9,18H,1-2,5-6H2,(H2,15,16). The minimum Gasteiger partial charge on any atom is -0.393 e. The molecule has 2 fully saturated rings. The van der Waals surface area contributed by atoms with Crippen LogP contribution in [0, 0.1) is 5.82 Å². The van der Waals surface area contributed by atoms with E-state index in [2.05, 4.69) is 4.98 Å². The fraction of sp³-hybridized carbons (Fsp3) is 0.538. The second-order valence-corrected chi connectivity index (χ2v) is 5.28. The van der Waals surface area contributed by atoms with Crippen LogP contribution < -0.4 is 5.73 Å². The largest absolute Gasteiger partial charge is 0.393 e. The van der Waals surface area contributed by atoms with Gasteiger partial charge in [-0.15, -0.1) is 0 Å². The molecule has 2 saturated heterocycles. The van der Waals surface area contributed by atoms with Gasteiger partial charge < -0.3 is 15.7 Å². The molecule has 3 rings (SSSR count). The van der Waals surface area contributed by atoms with E-state index in [9.17, 15) is 14.3 Å². The van der Waals surface area contributed by atoms with Crippen LogP contribution >= 0.6 is 0 Å². The van der Waals surface area contributed by atoms with Crippen LogP contribution in [0.5, 0.6) is 0 Å². The smallest absolute Gasteiger partial charge is 0.257 e. The van der Waals surface area contributed by atoms with Gasteiger partial charge in [0, 0.05) is 18.3 Å². The highest BCUT2D eigenvalue weighted by Crippen LogP contribution is 2.37. The lowest BCUT2D eigenvalue weighted by molar-refractivity contribution is 0.0283. The summed E-state index contributed by atoms with van der Waals surface area (Å²) in [5, 5.41) is 9.72. The predicted molar refractivity (Wildman–Crippen MR) is 66.8 cm³/mol. The number of nitrogen functional groups attached to an aromatic ring is 1. The zero-order chi connectivity index (χ0) is 13.6. The number of hydrogen-bond acceptors (Lipinski definition) is 4. The van der Waals surface area contributed by atoms with Gasteiger partial charge in [0.05, 0.1) is 11.7 Å². The molecule has 2 unspecified atom stereocenters. The molecule has 2 aliphatic heterocycles. The molecule has 0 spiro atoms. The van der Waals surface area contributed by atoms with E-state index in [0.717, 1.165) is 12.8 Å². The number of aromatic nitrogens is 1. The van der Waals surface area contributed by atoms with Crippen LogP contribution in [0.15, 0.2) is 12.3 Å². The first-order valence-electron chi connectivity index (χ1n) is 6.48. The molecule has 0 aliphatic carbocycles. The molecule has 5 nitrogen and oxygen atoms in total. The summed E-state index contributed by atoms with van der Waals surface area (Å²) in [6, 6.07) is 1.38. The number of carbonyl (C=O) groups excluding carboxylic acids is 1. The Hall–Kier alpha value is -1.69. The van der Waals surface area contributed by atoms with Crippen LogP contribution in [0.1, 0.15) is 36.0 Å². The number of aliphatic hydroxyl groups is 1. The Morgan fingerprint density at radius 2 is 2.05 bits per heavy atom. The zero-order valence-electron chi connectivity index (χ0n) is 10.4. The van der Waals surface area contributed by atoms with E-state index < -0.39 is 5.82 Å². The maximum absolute atomic E-state index is 13.9. The van der Waals surface area contributed by atoms with Gasteiger partial charge in [-0.05, 0) is 31.7 Å². The first-order chi connectivity index (χ1) is 9.08. The molecular formula is C13H16FN3O2. The van der Waals surface area contributed by atoms with Crippen molar-refractivity contribution in [2.24, 2.45) is 0 Å². The quantitative estimate of drug-likeness (QED) is 0.791. The summed E-state index contributed by atoms with van der Waals surface area (Å²) in [4.78, 5) is 17.8. The zero-order valence-corrected chi connectivity index (χ0v) is 10.4. The van der Waals surface area contributed by atoms with Gasteiger partial charge in [-0.25, -0.2) is 9.37 Å². The average molecular weight is 265 g/mol. The fourth-order valence-corrected chi connectivity index (χ4v) is 3.24. The summed E-state index contributed by atoms with van der Waals surface area (Å²) in [5.74, 6) is -1.35. The molecule has 2 atom stereocenters. The molecule has 0 aromatic carbocycles. The van der Waals surface area contributed by atoms with E-state index in [1.54, 1.807) is 4.90 Å². The molecule has 102 valence electrons. The number of rotatable bonds is 1. The number of carbonyl (C=O) groups is 1. The molecule has 1 aromatic rings. The second-order valence-electron chi connectivity index (χ2n) is 5.28. The van der Waals surface area contributed by atoms with Gasteiger partial charge in [0.25, 0.3) is 5.91 Å².